The van der Waals surface area contributed by atoms with Crippen LogP contribution in [-0.4, -0.2) is 17.2 Å². The van der Waals surface area contributed by atoms with Crippen molar-refractivity contribution in [3.05, 3.63) is 12.2 Å². The number of allylic oxidation sites excluding steroid dienone is 1. The normalized spacial score (nSPS) is 16.3. The first kappa shape index (κ1) is 9.93. The summed E-state index contributed by atoms with van der Waals surface area (Å²) in [5.41, 5.74) is 0.975. The van der Waals surface area contributed by atoms with Gasteiger partial charge in [-0.25, -0.2) is 0 Å². The fourth-order valence-electron chi connectivity index (χ4n) is 0.524. The van der Waals surface area contributed by atoms with Crippen molar-refractivity contribution in [1.82, 2.24) is 0 Å². The van der Waals surface area contributed by atoms with Gasteiger partial charge in [-0.05, 0) is 13.3 Å². The molecule has 2 nitrogen and oxygen atoms in total. The maximum atomic E-state index is 11.0. The molecule has 0 amide bonds. The predicted octanol–water partition coefficient (Wildman–Crippen LogP) is 2.24. The average molecular weight is 162 g/mol. The summed E-state index contributed by atoms with van der Waals surface area (Å²) in [7, 11) is -2.79. The van der Waals surface area contributed by atoms with E-state index in [2.05, 4.69) is 6.58 Å². The van der Waals surface area contributed by atoms with E-state index in [4.69, 9.17) is 4.89 Å². The molecule has 0 radical (unpaired) electrons. The zero-order valence-electron chi connectivity index (χ0n) is 6.63. The van der Waals surface area contributed by atoms with Crippen molar-refractivity contribution in [2.75, 3.05) is 12.3 Å². The summed E-state index contributed by atoms with van der Waals surface area (Å²) in [5.74, 6) is 0. The van der Waals surface area contributed by atoms with Crippen LogP contribution in [0.2, 0.25) is 0 Å². The summed E-state index contributed by atoms with van der Waals surface area (Å²) in [4.78, 5) is 9.09. The van der Waals surface area contributed by atoms with Crippen molar-refractivity contribution in [3.8, 4) is 0 Å². The van der Waals surface area contributed by atoms with E-state index in [9.17, 15) is 4.57 Å². The lowest BCUT2D eigenvalue weighted by molar-refractivity contribution is 0.479. The summed E-state index contributed by atoms with van der Waals surface area (Å²) < 4.78 is 11.0. The molecule has 0 bridgehead atoms. The second kappa shape index (κ2) is 3.95. The van der Waals surface area contributed by atoms with Crippen LogP contribution in [0.3, 0.4) is 0 Å². The molecule has 0 spiro atoms. The van der Waals surface area contributed by atoms with E-state index in [1.54, 1.807) is 6.92 Å². The van der Waals surface area contributed by atoms with Gasteiger partial charge in [0.05, 0.1) is 0 Å². The topological polar surface area (TPSA) is 37.3 Å². The molecule has 0 aromatic heterocycles. The van der Waals surface area contributed by atoms with Crippen molar-refractivity contribution in [3.63, 3.8) is 0 Å². The summed E-state index contributed by atoms with van der Waals surface area (Å²) in [6.07, 6.45) is 1.43. The summed E-state index contributed by atoms with van der Waals surface area (Å²) in [6.45, 7) is 7.27. The molecule has 0 fully saturated rings. The molecule has 60 valence electrons. The maximum Gasteiger partial charge on any atom is 0.200 e. The summed E-state index contributed by atoms with van der Waals surface area (Å²) in [6, 6.07) is 0. The molecule has 0 heterocycles. The van der Waals surface area contributed by atoms with Gasteiger partial charge >= 0.3 is 0 Å². The van der Waals surface area contributed by atoms with Crippen molar-refractivity contribution in [1.29, 1.82) is 0 Å². The minimum absolute atomic E-state index is 0.375. The van der Waals surface area contributed by atoms with Gasteiger partial charge in [0.2, 0.25) is 7.37 Å². The van der Waals surface area contributed by atoms with Gasteiger partial charge in [-0.15, -0.1) is 6.58 Å². The van der Waals surface area contributed by atoms with E-state index in [1.807, 2.05) is 6.92 Å². The van der Waals surface area contributed by atoms with Crippen LogP contribution >= 0.6 is 7.37 Å². The summed E-state index contributed by atoms with van der Waals surface area (Å²) >= 11 is 0. The molecule has 1 N–H and O–H groups in total. The lowest BCUT2D eigenvalue weighted by Crippen LogP contribution is -1.91. The molecule has 0 rings (SSSR count). The Morgan fingerprint density at radius 1 is 1.70 bits per heavy atom. The van der Waals surface area contributed by atoms with E-state index < -0.39 is 7.37 Å². The Bertz CT molecular complexity index is 163. The SMILES string of the molecule is C=C(C)CCP(=O)(O)CC. The van der Waals surface area contributed by atoms with Crippen LogP contribution in [0.4, 0.5) is 0 Å². The Morgan fingerprint density at radius 3 is 2.50 bits per heavy atom. The van der Waals surface area contributed by atoms with Gasteiger partial charge < -0.3 is 4.89 Å². The van der Waals surface area contributed by atoms with E-state index in [1.165, 1.54) is 0 Å². The number of hydrogen-bond acceptors (Lipinski definition) is 1. The fourth-order valence-corrected chi connectivity index (χ4v) is 1.57. The monoisotopic (exact) mass is 162 g/mol. The van der Waals surface area contributed by atoms with Gasteiger partial charge in [-0.2, -0.15) is 0 Å². The van der Waals surface area contributed by atoms with Crippen molar-refractivity contribution < 1.29 is 9.46 Å². The number of rotatable bonds is 4. The lowest BCUT2D eigenvalue weighted by atomic mass is 10.3. The van der Waals surface area contributed by atoms with Gasteiger partial charge in [0.25, 0.3) is 0 Å². The second-order valence-electron chi connectivity index (χ2n) is 2.59. The molecule has 1 atom stereocenters. The lowest BCUT2D eigenvalue weighted by Gasteiger charge is -2.07. The van der Waals surface area contributed by atoms with Crippen LogP contribution in [0.25, 0.3) is 0 Å². The molecule has 0 aromatic carbocycles. The Hall–Kier alpha value is -0.0700. The Labute approximate surface area is 62.4 Å². The molecule has 0 aliphatic carbocycles. The molecular weight excluding hydrogens is 147 g/mol. The first-order valence-corrected chi connectivity index (χ1v) is 5.46. The Morgan fingerprint density at radius 2 is 2.20 bits per heavy atom. The third kappa shape index (κ3) is 4.78. The molecule has 1 unspecified atom stereocenters. The highest BCUT2D eigenvalue weighted by Gasteiger charge is 2.13. The first-order chi connectivity index (χ1) is 4.48. The van der Waals surface area contributed by atoms with E-state index in [0.29, 0.717) is 18.7 Å². The van der Waals surface area contributed by atoms with Crippen molar-refractivity contribution in [2.24, 2.45) is 0 Å². The Balaban J connectivity index is 3.68. The minimum Gasteiger partial charge on any atom is -0.344 e. The third-order valence-electron chi connectivity index (χ3n) is 1.38. The smallest absolute Gasteiger partial charge is 0.200 e. The molecule has 10 heavy (non-hydrogen) atoms. The van der Waals surface area contributed by atoms with Gasteiger partial charge in [-0.1, -0.05) is 12.5 Å². The average Bonchev–Trinajstić information content (AvgIpc) is 1.85. The first-order valence-electron chi connectivity index (χ1n) is 3.43. The molecular formula is C7H15O2P. The molecule has 0 saturated heterocycles. The summed E-state index contributed by atoms with van der Waals surface area (Å²) in [5, 5.41) is 0. The fraction of sp³-hybridized carbons (Fsp3) is 0.714. The molecule has 3 heteroatoms. The largest absolute Gasteiger partial charge is 0.344 e. The van der Waals surface area contributed by atoms with Gasteiger partial charge in [0.15, 0.2) is 0 Å². The standard InChI is InChI=1S/C7H15O2P/c1-4-10(8,9)6-5-7(2)3/h2,4-6H2,1,3H3,(H,8,9). The van der Waals surface area contributed by atoms with Crippen LogP contribution in [0.1, 0.15) is 20.3 Å². The van der Waals surface area contributed by atoms with Crippen LogP contribution in [0.15, 0.2) is 12.2 Å². The predicted molar refractivity (Wildman–Crippen MR) is 44.7 cm³/mol. The van der Waals surface area contributed by atoms with E-state index >= 15 is 0 Å². The maximum absolute atomic E-state index is 11.0. The van der Waals surface area contributed by atoms with Crippen LogP contribution in [0, 0.1) is 0 Å². The van der Waals surface area contributed by atoms with E-state index in [-0.39, 0.29) is 0 Å². The van der Waals surface area contributed by atoms with Crippen LogP contribution in [0.5, 0.6) is 0 Å². The third-order valence-corrected chi connectivity index (χ3v) is 3.29. The zero-order chi connectivity index (χ0) is 8.20. The molecule has 0 saturated carbocycles. The van der Waals surface area contributed by atoms with Gasteiger partial charge in [0.1, 0.15) is 0 Å². The zero-order valence-corrected chi connectivity index (χ0v) is 7.53. The molecule has 0 aliphatic heterocycles. The minimum atomic E-state index is -2.79. The molecule has 0 aromatic rings. The van der Waals surface area contributed by atoms with Crippen LogP contribution < -0.4 is 0 Å². The highest BCUT2D eigenvalue weighted by atomic mass is 31.2. The quantitative estimate of drug-likeness (QED) is 0.508. The Kier molecular flexibility index (Phi) is 3.92. The highest BCUT2D eigenvalue weighted by molar-refractivity contribution is 7.57. The van der Waals surface area contributed by atoms with E-state index in [0.717, 1.165) is 5.57 Å². The van der Waals surface area contributed by atoms with Gasteiger partial charge in [0, 0.05) is 12.3 Å². The van der Waals surface area contributed by atoms with Crippen molar-refractivity contribution in [2.45, 2.75) is 20.3 Å². The van der Waals surface area contributed by atoms with Crippen LogP contribution in [-0.2, 0) is 4.57 Å². The highest BCUT2D eigenvalue weighted by Crippen LogP contribution is 2.40. The number of hydrogen-bond donors (Lipinski definition) is 1. The van der Waals surface area contributed by atoms with Gasteiger partial charge in [-0.3, -0.25) is 4.57 Å². The second-order valence-corrected chi connectivity index (χ2v) is 5.37. The van der Waals surface area contributed by atoms with Crippen molar-refractivity contribution >= 4 is 7.37 Å². The molecule has 0 aliphatic rings.